The van der Waals surface area contributed by atoms with E-state index >= 15 is 0 Å². The van der Waals surface area contributed by atoms with Gasteiger partial charge in [-0.1, -0.05) is 76.5 Å². The van der Waals surface area contributed by atoms with Crippen LogP contribution in [-0.4, -0.2) is 20.3 Å². The van der Waals surface area contributed by atoms with Crippen molar-refractivity contribution in [2.75, 3.05) is 5.34 Å². The first-order chi connectivity index (χ1) is 17.7. The first-order valence-electron chi connectivity index (χ1n) is 11.2. The Kier molecular flexibility index (Phi) is 18.3. The topological polar surface area (TPSA) is 108 Å². The van der Waals surface area contributed by atoms with Gasteiger partial charge in [-0.3, -0.25) is 15.0 Å². The molecule has 0 bridgehead atoms. The molecule has 1 radical (unpaired) electrons. The minimum atomic E-state index is -10.7. The molecule has 0 aliphatic carbocycles. The zero-order valence-electron chi connectivity index (χ0n) is 23.0. The molecule has 3 aromatic rings. The number of hydrogen-bond acceptors (Lipinski definition) is 6. The van der Waals surface area contributed by atoms with Crippen molar-refractivity contribution in [3.05, 3.63) is 90.3 Å². The third kappa shape index (κ3) is 31.3. The van der Waals surface area contributed by atoms with Gasteiger partial charge in [-0.05, 0) is 36.4 Å². The average molecular weight is 831 g/mol. The van der Waals surface area contributed by atoms with E-state index in [9.17, 15) is 40.5 Å². The van der Waals surface area contributed by atoms with Gasteiger partial charge in [0.05, 0.1) is 5.34 Å². The van der Waals surface area contributed by atoms with Crippen LogP contribution < -0.4 is 15.3 Å². The zero-order valence-corrected chi connectivity index (χ0v) is 27.8. The zero-order chi connectivity index (χ0) is 32.0. The maximum atomic E-state index is 11.2. The molecule has 6 nitrogen and oxygen atoms in total. The fraction of sp³-hybridized carbons (Fsp3) is 0.400. The molecule has 0 fully saturated rings. The second kappa shape index (κ2) is 17.0. The summed E-state index contributed by atoms with van der Waals surface area (Å²) < 4.78 is 59.2. The van der Waals surface area contributed by atoms with Gasteiger partial charge in [0.2, 0.25) is 0 Å². The summed E-state index contributed by atoms with van der Waals surface area (Å²) >= 11 is 9.53. The van der Waals surface area contributed by atoms with Crippen molar-refractivity contribution in [2.45, 2.75) is 58.3 Å². The molecule has 0 aromatic carbocycles. The van der Waals surface area contributed by atoms with Crippen molar-refractivity contribution in [1.82, 2.24) is 15.0 Å². The Balaban J connectivity index is -0.000000455. The van der Waals surface area contributed by atoms with Crippen LogP contribution in [0.25, 0.3) is 0 Å². The number of rotatable bonds is 3. The van der Waals surface area contributed by atoms with Crippen LogP contribution in [0.3, 0.4) is 0 Å². The summed E-state index contributed by atoms with van der Waals surface area (Å²) in [4.78, 5) is 11.8. The minimum Gasteiger partial charge on any atom is 0 e. The first kappa shape index (κ1) is 44.0. The van der Waals surface area contributed by atoms with E-state index in [1.165, 1.54) is 0 Å². The van der Waals surface area contributed by atoms with Crippen molar-refractivity contribution >= 4 is 31.0 Å². The second-order valence-corrected chi connectivity index (χ2v) is 12.0. The molecule has 0 amide bonds. The Morgan fingerprint density at radius 2 is 0.732 bits per heavy atom. The third-order valence-electron chi connectivity index (χ3n) is 3.85. The molecule has 0 saturated heterocycles. The van der Waals surface area contributed by atoms with Crippen molar-refractivity contribution in [3.63, 3.8) is 0 Å². The van der Waals surface area contributed by atoms with Crippen LogP contribution >= 0.6 is 31.0 Å². The molecular weight excluding hydrogens is 798 g/mol. The maximum absolute atomic E-state index is 11.2. The summed E-state index contributed by atoms with van der Waals surface area (Å²) in [7, 11) is -10.7. The standard InChI is InChI=1S/3C8H10NO.CH2Cl2.F6P.Ir/c3*1-8(2,10)7-5-3-4-6-9-7;2-1-3;1-7(2,3,4,5)6;/h3*3-6H,1-2H3;1H2;;/q3*-1;;-1;. The van der Waals surface area contributed by atoms with Crippen LogP contribution in [0, 0.1) is 0 Å². The summed E-state index contributed by atoms with van der Waals surface area (Å²) in [6.45, 7) is 9.64. The van der Waals surface area contributed by atoms with Crippen molar-refractivity contribution in [3.8, 4) is 0 Å². The second-order valence-electron chi connectivity index (χ2n) is 9.24. The molecule has 0 spiro atoms. The summed E-state index contributed by atoms with van der Waals surface area (Å²) in [5.41, 5.74) is -1.43. The van der Waals surface area contributed by atoms with E-state index < -0.39 is 24.6 Å². The SMILES string of the molecule is CC(C)([O-])c1ccccn1.CC(C)([O-])c1ccccn1.CC(C)([O-])c1ccccn1.ClCCl.F[P-](F)(F)(F)(F)F.[Ir]. The number of pyridine rings is 3. The Morgan fingerprint density at radius 1 is 0.561 bits per heavy atom. The molecule has 3 aromatic heterocycles. The van der Waals surface area contributed by atoms with Crippen molar-refractivity contribution in [1.29, 1.82) is 0 Å². The Morgan fingerprint density at radius 3 is 0.805 bits per heavy atom. The maximum Gasteiger partial charge on any atom is 0 e. The largest absolute Gasteiger partial charge is 0 e. The number of aromatic nitrogens is 3. The van der Waals surface area contributed by atoms with Gasteiger partial charge in [-0.2, -0.15) is 0 Å². The molecule has 0 aliphatic rings. The van der Waals surface area contributed by atoms with Gasteiger partial charge < -0.3 is 15.3 Å². The first-order valence-corrected chi connectivity index (χ1v) is 14.3. The van der Waals surface area contributed by atoms with E-state index in [-0.39, 0.29) is 25.4 Å². The monoisotopic (exact) mass is 830 g/mol. The van der Waals surface area contributed by atoms with E-state index in [1.54, 1.807) is 96.5 Å². The summed E-state index contributed by atoms with van der Waals surface area (Å²) in [6, 6.07) is 16.1. The molecule has 3 heterocycles. The summed E-state index contributed by atoms with van der Waals surface area (Å²) in [6.07, 6.45) is 4.90. The molecule has 0 saturated carbocycles. The Labute approximate surface area is 259 Å². The Bertz CT molecular complexity index is 958. The van der Waals surface area contributed by atoms with E-state index in [2.05, 4.69) is 15.0 Å². The van der Waals surface area contributed by atoms with Gasteiger partial charge in [0.1, 0.15) is 0 Å². The van der Waals surface area contributed by atoms with E-state index in [0.29, 0.717) is 17.1 Å². The number of halogens is 8. The number of hydrogen-bond donors (Lipinski definition) is 0. The fourth-order valence-corrected chi connectivity index (χ4v) is 2.16. The predicted molar refractivity (Wildman–Crippen MR) is 142 cm³/mol. The van der Waals surface area contributed by atoms with E-state index in [4.69, 9.17) is 23.2 Å². The molecule has 41 heavy (non-hydrogen) atoms. The molecule has 0 aliphatic heterocycles. The van der Waals surface area contributed by atoms with Crippen LogP contribution in [0.2, 0.25) is 0 Å². The predicted octanol–water partition coefficient (Wildman–Crippen LogP) is 6.83. The number of nitrogens with zero attached hydrogens (tertiary/aromatic N) is 3. The van der Waals surface area contributed by atoms with Crippen LogP contribution in [-0.2, 0) is 36.9 Å². The molecule has 239 valence electrons. The van der Waals surface area contributed by atoms with Crippen LogP contribution in [0.15, 0.2) is 73.2 Å². The van der Waals surface area contributed by atoms with Gasteiger partial charge in [0, 0.05) is 55.8 Å². The van der Waals surface area contributed by atoms with Gasteiger partial charge in [0.25, 0.3) is 0 Å². The van der Waals surface area contributed by atoms with Crippen molar-refractivity contribution in [2.24, 2.45) is 0 Å². The minimum absolute atomic E-state index is 0. The smallest absolute Gasteiger partial charge is 0 e. The quantitative estimate of drug-likeness (QED) is 0.163. The summed E-state index contributed by atoms with van der Waals surface area (Å²) in [5, 5.41) is 33.9. The number of alkyl halides is 2. The fourth-order valence-electron chi connectivity index (χ4n) is 2.16. The van der Waals surface area contributed by atoms with Crippen LogP contribution in [0.5, 0.6) is 0 Å². The molecule has 0 atom stereocenters. The molecule has 0 N–H and O–H groups in total. The third-order valence-corrected chi connectivity index (χ3v) is 3.85. The van der Waals surface area contributed by atoms with E-state index in [0.717, 1.165) is 0 Å². The molecular formula is C25H32Cl2F6IrN3O3P-4. The van der Waals surface area contributed by atoms with Gasteiger partial charge in [0.15, 0.2) is 0 Å². The van der Waals surface area contributed by atoms with Gasteiger partial charge in [-0.25, -0.2) is 0 Å². The van der Waals surface area contributed by atoms with Gasteiger partial charge in [-0.15, -0.1) is 23.2 Å². The average Bonchev–Trinajstić information content (AvgIpc) is 2.79. The Hall–Kier alpha value is -1.43. The van der Waals surface area contributed by atoms with Crippen LogP contribution in [0.1, 0.15) is 58.6 Å². The molecule has 16 heteroatoms. The van der Waals surface area contributed by atoms with Crippen LogP contribution in [0.4, 0.5) is 25.2 Å². The van der Waals surface area contributed by atoms with Crippen molar-refractivity contribution < 1.29 is 60.6 Å². The normalized spacial score (nSPS) is 12.8. The summed E-state index contributed by atoms with van der Waals surface area (Å²) in [5.74, 6) is 0. The van der Waals surface area contributed by atoms with E-state index in [1.807, 2.05) is 18.2 Å². The molecule has 0 unspecified atom stereocenters. The van der Waals surface area contributed by atoms with Gasteiger partial charge >= 0.3 is 33.0 Å². The molecule has 3 rings (SSSR count).